The SMILES string of the molecule is C=C(C[C@H](NC(=O)OC(C)(C)C)C(=O)N[C@@H](CCC(=O)O)C(=O)N[C@@H](C(=O)O)C(C)C)C(=O)O. The summed E-state index contributed by atoms with van der Waals surface area (Å²) in [6.45, 7) is 11.1. The zero-order chi connectivity index (χ0) is 26.8. The number of amides is 3. The Labute approximate surface area is 196 Å². The molecule has 3 amide bonds. The van der Waals surface area contributed by atoms with Gasteiger partial charge in [-0.15, -0.1) is 0 Å². The fraction of sp³-hybridized carbons (Fsp3) is 0.619. The molecule has 13 nitrogen and oxygen atoms in total. The quantitative estimate of drug-likeness (QED) is 0.198. The van der Waals surface area contributed by atoms with Crippen LogP contribution in [0.2, 0.25) is 0 Å². The maximum Gasteiger partial charge on any atom is 0.408 e. The number of aliphatic carboxylic acids is 3. The Balaban J connectivity index is 5.76. The molecular weight excluding hydrogens is 454 g/mol. The van der Waals surface area contributed by atoms with Gasteiger partial charge in [0.05, 0.1) is 0 Å². The Morgan fingerprint density at radius 3 is 1.82 bits per heavy atom. The molecule has 0 aliphatic carbocycles. The van der Waals surface area contributed by atoms with E-state index in [9.17, 15) is 33.9 Å². The summed E-state index contributed by atoms with van der Waals surface area (Å²) in [5.74, 6) is -6.51. The number of hydrogen-bond acceptors (Lipinski definition) is 7. The van der Waals surface area contributed by atoms with Gasteiger partial charge in [0.25, 0.3) is 0 Å². The van der Waals surface area contributed by atoms with Gasteiger partial charge in [0, 0.05) is 18.4 Å². The lowest BCUT2D eigenvalue weighted by atomic mass is 10.0. The van der Waals surface area contributed by atoms with Crippen molar-refractivity contribution >= 4 is 35.8 Å². The Bertz CT molecular complexity index is 816. The number of carboxylic acids is 3. The summed E-state index contributed by atoms with van der Waals surface area (Å²) < 4.78 is 5.07. The number of carbonyl (C=O) groups is 6. The molecular formula is C21H33N3O10. The van der Waals surface area contributed by atoms with Crippen molar-refractivity contribution in [2.24, 2.45) is 5.92 Å². The minimum atomic E-state index is -1.53. The molecule has 0 saturated carbocycles. The van der Waals surface area contributed by atoms with Gasteiger partial charge in [0.2, 0.25) is 11.8 Å². The first-order chi connectivity index (χ1) is 15.4. The van der Waals surface area contributed by atoms with Crippen LogP contribution >= 0.6 is 0 Å². The number of alkyl carbamates (subject to hydrolysis) is 1. The van der Waals surface area contributed by atoms with Crippen molar-refractivity contribution in [1.29, 1.82) is 0 Å². The number of carboxylic acid groups (broad SMARTS) is 3. The number of ether oxygens (including phenoxy) is 1. The van der Waals surface area contributed by atoms with E-state index in [1.165, 1.54) is 0 Å². The summed E-state index contributed by atoms with van der Waals surface area (Å²) in [6.07, 6.45) is -2.51. The highest BCUT2D eigenvalue weighted by molar-refractivity contribution is 5.94. The second-order valence-corrected chi connectivity index (χ2v) is 8.87. The third-order valence-corrected chi connectivity index (χ3v) is 4.27. The Morgan fingerprint density at radius 1 is 0.882 bits per heavy atom. The molecule has 0 heterocycles. The fourth-order valence-corrected chi connectivity index (χ4v) is 2.57. The van der Waals surface area contributed by atoms with Crippen LogP contribution in [0.1, 0.15) is 53.9 Å². The highest BCUT2D eigenvalue weighted by Crippen LogP contribution is 2.11. The van der Waals surface area contributed by atoms with Crippen LogP contribution in [0.15, 0.2) is 12.2 Å². The summed E-state index contributed by atoms with van der Waals surface area (Å²) in [5, 5.41) is 34.0. The summed E-state index contributed by atoms with van der Waals surface area (Å²) in [4.78, 5) is 71.2. The lowest BCUT2D eigenvalue weighted by molar-refractivity contribution is -0.144. The molecule has 0 bridgehead atoms. The second-order valence-electron chi connectivity index (χ2n) is 8.87. The topological polar surface area (TPSA) is 208 Å². The molecule has 0 aromatic heterocycles. The van der Waals surface area contributed by atoms with E-state index >= 15 is 0 Å². The summed E-state index contributed by atoms with van der Waals surface area (Å²) in [7, 11) is 0. The lowest BCUT2D eigenvalue weighted by Crippen LogP contribution is -2.57. The van der Waals surface area contributed by atoms with E-state index in [0.717, 1.165) is 0 Å². The molecule has 0 aliphatic rings. The predicted molar refractivity (Wildman–Crippen MR) is 118 cm³/mol. The van der Waals surface area contributed by atoms with Gasteiger partial charge >= 0.3 is 24.0 Å². The Kier molecular flexibility index (Phi) is 11.8. The molecule has 0 saturated heterocycles. The van der Waals surface area contributed by atoms with Gasteiger partial charge in [-0.25, -0.2) is 14.4 Å². The first kappa shape index (κ1) is 30.4. The minimum Gasteiger partial charge on any atom is -0.481 e. The van der Waals surface area contributed by atoms with Gasteiger partial charge in [-0.3, -0.25) is 14.4 Å². The van der Waals surface area contributed by atoms with Crippen LogP contribution < -0.4 is 16.0 Å². The molecule has 0 aliphatic heterocycles. The monoisotopic (exact) mass is 487 g/mol. The van der Waals surface area contributed by atoms with Crippen LogP contribution in [0.4, 0.5) is 4.79 Å². The standard InChI is InChI=1S/C21H33N3O10/c1-10(2)15(19(31)32)24-16(27)12(7-8-14(25)26)22-17(28)13(9-11(3)18(29)30)23-20(33)34-21(4,5)6/h10,12-13,15H,3,7-9H2,1-2,4-6H3,(H,22,28)(H,23,33)(H,24,27)(H,25,26)(H,29,30)(H,31,32)/t12-,13-,15+/m0/s1. The minimum absolute atomic E-state index is 0.392. The molecule has 0 unspecified atom stereocenters. The van der Waals surface area contributed by atoms with Crippen LogP contribution in [0, 0.1) is 5.92 Å². The largest absolute Gasteiger partial charge is 0.481 e. The van der Waals surface area contributed by atoms with E-state index in [-0.39, 0.29) is 0 Å². The Morgan fingerprint density at radius 2 is 1.41 bits per heavy atom. The van der Waals surface area contributed by atoms with E-state index in [1.807, 2.05) is 0 Å². The molecule has 0 rings (SSSR count). The van der Waals surface area contributed by atoms with Crippen molar-refractivity contribution in [3.8, 4) is 0 Å². The first-order valence-corrected chi connectivity index (χ1v) is 10.4. The zero-order valence-electron chi connectivity index (χ0n) is 19.8. The third-order valence-electron chi connectivity index (χ3n) is 4.27. The molecule has 34 heavy (non-hydrogen) atoms. The maximum absolute atomic E-state index is 12.9. The van der Waals surface area contributed by atoms with Gasteiger partial charge in [0.1, 0.15) is 23.7 Å². The van der Waals surface area contributed by atoms with Crippen molar-refractivity contribution in [2.75, 3.05) is 0 Å². The van der Waals surface area contributed by atoms with Crippen LogP contribution in [-0.4, -0.2) is 74.9 Å². The fourth-order valence-electron chi connectivity index (χ4n) is 2.57. The first-order valence-electron chi connectivity index (χ1n) is 10.4. The third kappa shape index (κ3) is 11.8. The van der Waals surface area contributed by atoms with E-state index in [1.54, 1.807) is 34.6 Å². The average molecular weight is 488 g/mol. The van der Waals surface area contributed by atoms with Crippen molar-refractivity contribution in [2.45, 2.75) is 77.6 Å². The summed E-state index contributed by atoms with van der Waals surface area (Å²) in [5.41, 5.74) is -1.35. The van der Waals surface area contributed by atoms with Crippen LogP contribution in [0.5, 0.6) is 0 Å². The predicted octanol–water partition coefficient (Wildman–Crippen LogP) is 0.486. The molecule has 0 aromatic carbocycles. The normalized spacial score (nSPS) is 13.7. The molecule has 0 spiro atoms. The van der Waals surface area contributed by atoms with E-state index in [2.05, 4.69) is 22.5 Å². The van der Waals surface area contributed by atoms with Crippen molar-refractivity contribution in [1.82, 2.24) is 16.0 Å². The molecule has 3 atom stereocenters. The van der Waals surface area contributed by atoms with Crippen molar-refractivity contribution < 1.29 is 48.8 Å². The average Bonchev–Trinajstić information content (AvgIpc) is 2.65. The number of nitrogens with one attached hydrogen (secondary N) is 3. The Hall–Kier alpha value is -3.64. The smallest absolute Gasteiger partial charge is 0.408 e. The van der Waals surface area contributed by atoms with Gasteiger partial charge in [-0.1, -0.05) is 20.4 Å². The van der Waals surface area contributed by atoms with Crippen LogP contribution in [0.3, 0.4) is 0 Å². The molecule has 192 valence electrons. The number of carbonyl (C=O) groups excluding carboxylic acids is 3. The van der Waals surface area contributed by atoms with Gasteiger partial charge in [0.15, 0.2) is 0 Å². The van der Waals surface area contributed by atoms with Crippen molar-refractivity contribution in [3.63, 3.8) is 0 Å². The number of rotatable bonds is 13. The highest BCUT2D eigenvalue weighted by Gasteiger charge is 2.32. The summed E-state index contributed by atoms with van der Waals surface area (Å²) >= 11 is 0. The molecule has 0 aromatic rings. The van der Waals surface area contributed by atoms with Crippen LogP contribution in [-0.2, 0) is 28.7 Å². The van der Waals surface area contributed by atoms with Gasteiger partial charge in [-0.2, -0.15) is 0 Å². The highest BCUT2D eigenvalue weighted by atomic mass is 16.6. The molecule has 0 radical (unpaired) electrons. The zero-order valence-corrected chi connectivity index (χ0v) is 19.8. The van der Waals surface area contributed by atoms with Gasteiger partial charge < -0.3 is 36.0 Å². The summed E-state index contributed by atoms with van der Waals surface area (Å²) in [6, 6.07) is -4.32. The molecule has 13 heteroatoms. The second kappa shape index (κ2) is 13.2. The lowest BCUT2D eigenvalue weighted by Gasteiger charge is -2.26. The maximum atomic E-state index is 12.9. The van der Waals surface area contributed by atoms with E-state index < -0.39 is 90.3 Å². The van der Waals surface area contributed by atoms with E-state index in [4.69, 9.17) is 14.9 Å². The molecule has 0 fully saturated rings. The van der Waals surface area contributed by atoms with Gasteiger partial charge in [-0.05, 0) is 33.1 Å². The van der Waals surface area contributed by atoms with Crippen molar-refractivity contribution in [3.05, 3.63) is 12.2 Å². The van der Waals surface area contributed by atoms with Crippen LogP contribution in [0.25, 0.3) is 0 Å². The molecule has 6 N–H and O–H groups in total. The number of hydrogen-bond donors (Lipinski definition) is 6. The van der Waals surface area contributed by atoms with E-state index in [0.29, 0.717) is 0 Å².